The zero-order valence-corrected chi connectivity index (χ0v) is 14.8. The number of piperidine rings is 1. The van der Waals surface area contributed by atoms with E-state index < -0.39 is 0 Å². The number of rotatable bonds is 2. The van der Waals surface area contributed by atoms with Crippen LogP contribution in [0.4, 0.5) is 0 Å². The minimum Gasteiger partial charge on any atom is -0.497 e. The normalized spacial score (nSPS) is 44.3. The number of benzene rings is 1. The van der Waals surface area contributed by atoms with Crippen molar-refractivity contribution in [3.8, 4) is 5.75 Å². The summed E-state index contributed by atoms with van der Waals surface area (Å²) in [5, 5.41) is 1.39. The summed E-state index contributed by atoms with van der Waals surface area (Å²) >= 11 is 0. The molecule has 6 rings (SSSR count). The second-order valence-electron chi connectivity index (χ2n) is 8.53. The van der Waals surface area contributed by atoms with Crippen LogP contribution in [-0.2, 0) is 6.42 Å². The van der Waals surface area contributed by atoms with E-state index in [0.29, 0.717) is 5.54 Å². The van der Waals surface area contributed by atoms with E-state index in [0.717, 1.165) is 35.5 Å². The van der Waals surface area contributed by atoms with Gasteiger partial charge in [0.1, 0.15) is 5.75 Å². The molecule has 3 nitrogen and oxygen atoms in total. The van der Waals surface area contributed by atoms with Crippen molar-refractivity contribution in [1.82, 2.24) is 9.88 Å². The van der Waals surface area contributed by atoms with Crippen LogP contribution in [0.1, 0.15) is 43.9 Å². The SMILES string of the molecule is CC[C@H]1[C@@H](C)[C@H]2C[C@H]3c4[nH]c5ccc(OC)cc5c4CCN4C3C214. The van der Waals surface area contributed by atoms with E-state index in [2.05, 4.69) is 41.9 Å². The molecule has 3 heteroatoms. The molecule has 24 heavy (non-hydrogen) atoms. The van der Waals surface area contributed by atoms with Crippen molar-refractivity contribution in [2.75, 3.05) is 13.7 Å². The Hall–Kier alpha value is -1.48. The number of aromatic nitrogens is 1. The first-order chi connectivity index (χ1) is 11.7. The molecule has 1 aromatic carbocycles. The van der Waals surface area contributed by atoms with Crippen molar-refractivity contribution in [1.29, 1.82) is 0 Å². The highest BCUT2D eigenvalue weighted by Gasteiger charge is 2.82. The smallest absolute Gasteiger partial charge is 0.119 e. The van der Waals surface area contributed by atoms with Gasteiger partial charge in [0.25, 0.3) is 0 Å². The molecule has 0 radical (unpaired) electrons. The van der Waals surface area contributed by atoms with Gasteiger partial charge in [-0.3, -0.25) is 4.90 Å². The molecule has 2 aliphatic heterocycles. The van der Waals surface area contributed by atoms with Gasteiger partial charge in [0, 0.05) is 40.6 Å². The first-order valence-electron chi connectivity index (χ1n) is 9.67. The van der Waals surface area contributed by atoms with Crippen molar-refractivity contribution in [2.45, 2.75) is 50.6 Å². The molecule has 0 amide bonds. The van der Waals surface area contributed by atoms with Gasteiger partial charge in [0.15, 0.2) is 0 Å². The van der Waals surface area contributed by atoms with Crippen LogP contribution in [-0.4, -0.2) is 35.1 Å². The summed E-state index contributed by atoms with van der Waals surface area (Å²) in [7, 11) is 1.76. The molecule has 4 aliphatic rings. The average molecular weight is 322 g/mol. The molecule has 3 heterocycles. The average Bonchev–Trinajstić information content (AvgIpc) is 3.02. The van der Waals surface area contributed by atoms with Gasteiger partial charge in [-0.05, 0) is 54.4 Å². The summed E-state index contributed by atoms with van der Waals surface area (Å²) in [5.41, 5.74) is 5.01. The predicted octanol–water partition coefficient (Wildman–Crippen LogP) is 3.94. The van der Waals surface area contributed by atoms with E-state index in [-0.39, 0.29) is 0 Å². The lowest BCUT2D eigenvalue weighted by Gasteiger charge is -2.51. The highest BCUT2D eigenvalue weighted by atomic mass is 16.5. The largest absolute Gasteiger partial charge is 0.497 e. The van der Waals surface area contributed by atoms with Gasteiger partial charge in [-0.2, -0.15) is 0 Å². The number of H-pyrrole nitrogens is 1. The molecule has 2 saturated carbocycles. The number of methoxy groups -OCH3 is 1. The molecule has 2 aliphatic carbocycles. The molecule has 1 aromatic heterocycles. The number of aromatic amines is 1. The zero-order chi connectivity index (χ0) is 16.2. The van der Waals surface area contributed by atoms with Crippen LogP contribution in [0.5, 0.6) is 5.75 Å². The molecular weight excluding hydrogens is 296 g/mol. The maximum atomic E-state index is 5.47. The van der Waals surface area contributed by atoms with Crippen molar-refractivity contribution < 1.29 is 4.74 Å². The Labute approximate surface area is 143 Å². The van der Waals surface area contributed by atoms with Gasteiger partial charge in [0.05, 0.1) is 7.11 Å². The van der Waals surface area contributed by atoms with Crippen molar-refractivity contribution in [2.24, 2.45) is 17.8 Å². The van der Waals surface area contributed by atoms with Gasteiger partial charge in [0.2, 0.25) is 0 Å². The molecule has 1 saturated heterocycles. The van der Waals surface area contributed by atoms with Crippen LogP contribution < -0.4 is 4.74 Å². The summed E-state index contributed by atoms with van der Waals surface area (Å²) < 4.78 is 5.47. The fourth-order valence-corrected chi connectivity index (χ4v) is 7.39. The summed E-state index contributed by atoms with van der Waals surface area (Å²) in [5.74, 6) is 4.48. The minimum absolute atomic E-state index is 0.589. The second-order valence-corrected chi connectivity index (χ2v) is 8.53. The van der Waals surface area contributed by atoms with Gasteiger partial charge in [-0.15, -0.1) is 0 Å². The third-order valence-electron chi connectivity index (χ3n) is 8.15. The number of hydrogen-bond acceptors (Lipinski definition) is 2. The maximum absolute atomic E-state index is 5.47. The minimum atomic E-state index is 0.589. The van der Waals surface area contributed by atoms with Crippen LogP contribution in [0.25, 0.3) is 10.9 Å². The van der Waals surface area contributed by atoms with E-state index in [4.69, 9.17) is 4.74 Å². The molecule has 0 bridgehead atoms. The number of nitrogens with one attached hydrogen (secondary N) is 1. The molecule has 126 valence electrons. The summed E-state index contributed by atoms with van der Waals surface area (Å²) in [6.45, 7) is 6.16. The molecule has 1 spiro atoms. The topological polar surface area (TPSA) is 28.0 Å². The van der Waals surface area contributed by atoms with E-state index in [1.165, 1.54) is 36.7 Å². The fraction of sp³-hybridized carbons (Fsp3) is 0.619. The first kappa shape index (κ1) is 13.8. The number of fused-ring (bicyclic) bond motifs is 4. The van der Waals surface area contributed by atoms with E-state index in [1.54, 1.807) is 18.4 Å². The van der Waals surface area contributed by atoms with Crippen molar-refractivity contribution in [3.05, 3.63) is 29.5 Å². The Kier molecular flexibility index (Phi) is 2.40. The molecule has 2 aromatic rings. The molecular formula is C21H26N2O. The molecule has 7 atom stereocenters. The van der Waals surface area contributed by atoms with Crippen molar-refractivity contribution >= 4 is 10.9 Å². The van der Waals surface area contributed by atoms with E-state index in [9.17, 15) is 0 Å². The molecule has 3 unspecified atom stereocenters. The summed E-state index contributed by atoms with van der Waals surface area (Å²) in [6, 6.07) is 7.33. The number of ether oxygens (including phenoxy) is 1. The summed E-state index contributed by atoms with van der Waals surface area (Å²) in [6.07, 6.45) is 3.94. The standard InChI is InChI=1S/C21H26N2O/c1-4-16-11(2)17-10-15-19-13(7-8-23-20(15)21(16,17)23)14-9-12(24-3)5-6-18(14)22-19/h5-6,9,11,15-17,20,22H,4,7-8,10H2,1-3H3/t11-,15+,16+,17-,20?,21?,23?/m1/s1. The Balaban J connectivity index is 1.49. The van der Waals surface area contributed by atoms with Crippen LogP contribution in [0.15, 0.2) is 18.2 Å². The van der Waals surface area contributed by atoms with Crippen LogP contribution in [0, 0.1) is 17.8 Å². The lowest BCUT2D eigenvalue weighted by Crippen LogP contribution is -2.54. The van der Waals surface area contributed by atoms with E-state index >= 15 is 0 Å². The molecule has 3 fully saturated rings. The van der Waals surface area contributed by atoms with Gasteiger partial charge < -0.3 is 9.72 Å². The lowest BCUT2D eigenvalue weighted by atomic mass is 9.56. The molecule has 1 N–H and O–H groups in total. The van der Waals surface area contributed by atoms with Crippen LogP contribution in [0.3, 0.4) is 0 Å². The van der Waals surface area contributed by atoms with Crippen LogP contribution >= 0.6 is 0 Å². The van der Waals surface area contributed by atoms with Crippen molar-refractivity contribution in [3.63, 3.8) is 0 Å². The monoisotopic (exact) mass is 322 g/mol. The Morgan fingerprint density at radius 3 is 3.04 bits per heavy atom. The summed E-state index contributed by atoms with van der Waals surface area (Å²) in [4.78, 5) is 6.71. The Morgan fingerprint density at radius 1 is 1.38 bits per heavy atom. The number of nitrogens with zero attached hydrogens (tertiary/aromatic N) is 1. The third kappa shape index (κ3) is 1.27. The highest BCUT2D eigenvalue weighted by molar-refractivity contribution is 5.86. The highest BCUT2D eigenvalue weighted by Crippen LogP contribution is 2.76. The Morgan fingerprint density at radius 2 is 2.25 bits per heavy atom. The van der Waals surface area contributed by atoms with Gasteiger partial charge in [-0.1, -0.05) is 20.3 Å². The number of hydrogen-bond donors (Lipinski definition) is 1. The maximum Gasteiger partial charge on any atom is 0.119 e. The predicted molar refractivity (Wildman–Crippen MR) is 95.6 cm³/mol. The Bertz CT molecular complexity index is 855. The van der Waals surface area contributed by atoms with Gasteiger partial charge >= 0.3 is 0 Å². The lowest BCUT2D eigenvalue weighted by molar-refractivity contribution is -0.00698. The fourth-order valence-electron chi connectivity index (χ4n) is 7.39. The first-order valence-corrected chi connectivity index (χ1v) is 9.67. The second kappa shape index (κ2) is 4.19. The quantitative estimate of drug-likeness (QED) is 0.848. The third-order valence-corrected chi connectivity index (χ3v) is 8.15. The van der Waals surface area contributed by atoms with Gasteiger partial charge in [-0.25, -0.2) is 0 Å². The zero-order valence-electron chi connectivity index (χ0n) is 14.8. The van der Waals surface area contributed by atoms with E-state index in [1.807, 2.05) is 0 Å². The van der Waals surface area contributed by atoms with Crippen LogP contribution in [0.2, 0.25) is 0 Å².